The van der Waals surface area contributed by atoms with Crippen LogP contribution in [0.25, 0.3) is 0 Å². The molecule has 0 saturated heterocycles. The molecular formula is C10H11N3O. The average molecular weight is 189 g/mol. The maximum Gasteiger partial charge on any atom is 0.115 e. The van der Waals surface area contributed by atoms with Crippen molar-refractivity contribution in [1.29, 1.82) is 0 Å². The second kappa shape index (κ2) is 4.02. The lowest BCUT2D eigenvalue weighted by Crippen LogP contribution is -2.13. The first-order valence-electron chi connectivity index (χ1n) is 4.38. The van der Waals surface area contributed by atoms with E-state index in [0.717, 1.165) is 17.5 Å². The van der Waals surface area contributed by atoms with E-state index >= 15 is 0 Å². The van der Waals surface area contributed by atoms with Crippen LogP contribution < -0.4 is 5.73 Å². The van der Waals surface area contributed by atoms with E-state index in [1.165, 1.54) is 6.33 Å². The molecule has 0 radical (unpaired) electrons. The van der Waals surface area contributed by atoms with Gasteiger partial charge in [-0.1, -0.05) is 0 Å². The largest absolute Gasteiger partial charge is 0.472 e. The Morgan fingerprint density at radius 3 is 2.79 bits per heavy atom. The first-order valence-corrected chi connectivity index (χ1v) is 4.38. The van der Waals surface area contributed by atoms with Gasteiger partial charge in [0.1, 0.15) is 6.33 Å². The Kier molecular flexibility index (Phi) is 2.55. The number of nitrogens with zero attached hydrogens (tertiary/aromatic N) is 2. The predicted octanol–water partition coefficient (Wildman–Crippen LogP) is 1.31. The highest BCUT2D eigenvalue weighted by Gasteiger charge is 2.07. The minimum atomic E-state index is -0.0752. The lowest BCUT2D eigenvalue weighted by atomic mass is 10.0. The third kappa shape index (κ3) is 1.97. The Morgan fingerprint density at radius 1 is 1.36 bits per heavy atom. The second-order valence-corrected chi connectivity index (χ2v) is 3.11. The minimum absolute atomic E-state index is 0.0752. The van der Waals surface area contributed by atoms with Gasteiger partial charge in [0.25, 0.3) is 0 Å². The molecule has 2 rings (SSSR count). The molecule has 2 aromatic heterocycles. The maximum atomic E-state index is 5.96. The van der Waals surface area contributed by atoms with Crippen LogP contribution in [0, 0.1) is 0 Å². The molecule has 0 spiro atoms. The summed E-state index contributed by atoms with van der Waals surface area (Å²) in [7, 11) is 0. The summed E-state index contributed by atoms with van der Waals surface area (Å²) in [6, 6.07) is 1.83. The highest BCUT2D eigenvalue weighted by Crippen LogP contribution is 2.14. The molecule has 0 aliphatic carbocycles. The number of furan rings is 1. The zero-order valence-electron chi connectivity index (χ0n) is 7.63. The third-order valence-corrected chi connectivity index (χ3v) is 2.04. The van der Waals surface area contributed by atoms with Crippen LogP contribution in [0.1, 0.15) is 17.2 Å². The van der Waals surface area contributed by atoms with Crippen LogP contribution >= 0.6 is 0 Å². The van der Waals surface area contributed by atoms with Gasteiger partial charge in [-0.05, 0) is 18.1 Å². The van der Waals surface area contributed by atoms with Crippen LogP contribution in [0.4, 0.5) is 0 Å². The molecular weight excluding hydrogens is 178 g/mol. The summed E-state index contributed by atoms with van der Waals surface area (Å²) in [6.45, 7) is 0. The smallest absolute Gasteiger partial charge is 0.115 e. The molecule has 0 saturated carbocycles. The zero-order chi connectivity index (χ0) is 9.80. The van der Waals surface area contributed by atoms with Crippen molar-refractivity contribution in [2.24, 2.45) is 5.73 Å². The lowest BCUT2D eigenvalue weighted by Gasteiger charge is -2.08. The van der Waals surface area contributed by atoms with Crippen LogP contribution in [-0.2, 0) is 6.42 Å². The average Bonchev–Trinajstić information content (AvgIpc) is 2.72. The second-order valence-electron chi connectivity index (χ2n) is 3.11. The van der Waals surface area contributed by atoms with Crippen molar-refractivity contribution >= 4 is 0 Å². The molecule has 4 heteroatoms. The first kappa shape index (κ1) is 8.90. The summed E-state index contributed by atoms with van der Waals surface area (Å²) in [5.41, 5.74) is 7.99. The highest BCUT2D eigenvalue weighted by atomic mass is 16.3. The lowest BCUT2D eigenvalue weighted by molar-refractivity contribution is 0.561. The highest BCUT2D eigenvalue weighted by molar-refractivity contribution is 5.15. The van der Waals surface area contributed by atoms with Gasteiger partial charge in [-0.25, -0.2) is 9.97 Å². The fourth-order valence-corrected chi connectivity index (χ4v) is 1.28. The van der Waals surface area contributed by atoms with Crippen molar-refractivity contribution < 1.29 is 4.42 Å². The predicted molar refractivity (Wildman–Crippen MR) is 51.4 cm³/mol. The summed E-state index contributed by atoms with van der Waals surface area (Å²) in [6.07, 6.45) is 9.04. The molecule has 2 N–H and O–H groups in total. The van der Waals surface area contributed by atoms with Crippen molar-refractivity contribution in [3.63, 3.8) is 0 Å². The van der Waals surface area contributed by atoms with Gasteiger partial charge in [-0.3, -0.25) is 0 Å². The van der Waals surface area contributed by atoms with E-state index in [4.69, 9.17) is 10.2 Å². The van der Waals surface area contributed by atoms with E-state index in [1.54, 1.807) is 24.9 Å². The van der Waals surface area contributed by atoms with Gasteiger partial charge in [-0.15, -0.1) is 0 Å². The molecule has 2 aromatic rings. The van der Waals surface area contributed by atoms with Crippen LogP contribution in [-0.4, -0.2) is 9.97 Å². The SMILES string of the molecule is NC(Cc1ccoc1)c1cncnc1. The Labute approximate surface area is 81.8 Å². The van der Waals surface area contributed by atoms with Crippen LogP contribution in [0.15, 0.2) is 41.7 Å². The van der Waals surface area contributed by atoms with Gasteiger partial charge in [0.15, 0.2) is 0 Å². The molecule has 0 amide bonds. The van der Waals surface area contributed by atoms with Crippen molar-refractivity contribution in [3.8, 4) is 0 Å². The van der Waals surface area contributed by atoms with Gasteiger partial charge in [-0.2, -0.15) is 0 Å². The molecule has 72 valence electrons. The Balaban J connectivity index is 2.07. The molecule has 4 nitrogen and oxygen atoms in total. The van der Waals surface area contributed by atoms with Crippen LogP contribution in [0.5, 0.6) is 0 Å². The number of hydrogen-bond acceptors (Lipinski definition) is 4. The number of nitrogens with two attached hydrogens (primary N) is 1. The minimum Gasteiger partial charge on any atom is -0.472 e. The summed E-state index contributed by atoms with van der Waals surface area (Å²) in [5.74, 6) is 0. The Bertz CT molecular complexity index is 372. The molecule has 0 bridgehead atoms. The van der Waals surface area contributed by atoms with E-state index in [2.05, 4.69) is 9.97 Å². The molecule has 0 aromatic carbocycles. The van der Waals surface area contributed by atoms with Crippen molar-refractivity contribution in [2.75, 3.05) is 0 Å². The fraction of sp³-hybridized carbons (Fsp3) is 0.200. The third-order valence-electron chi connectivity index (χ3n) is 2.04. The van der Waals surface area contributed by atoms with E-state index < -0.39 is 0 Å². The van der Waals surface area contributed by atoms with Gasteiger partial charge >= 0.3 is 0 Å². The van der Waals surface area contributed by atoms with Crippen LogP contribution in [0.2, 0.25) is 0 Å². The van der Waals surface area contributed by atoms with Gasteiger partial charge < -0.3 is 10.2 Å². The number of aromatic nitrogens is 2. The number of rotatable bonds is 3. The van der Waals surface area contributed by atoms with Crippen LogP contribution in [0.3, 0.4) is 0 Å². The van der Waals surface area contributed by atoms with Gasteiger partial charge in [0.2, 0.25) is 0 Å². The summed E-state index contributed by atoms with van der Waals surface area (Å²) in [5, 5.41) is 0. The summed E-state index contributed by atoms with van der Waals surface area (Å²) in [4.78, 5) is 7.84. The summed E-state index contributed by atoms with van der Waals surface area (Å²) >= 11 is 0. The standard InChI is InChI=1S/C10H11N3O/c11-10(3-8-1-2-14-6-8)9-4-12-7-13-5-9/h1-2,4-7,10H,3,11H2. The van der Waals surface area contributed by atoms with Gasteiger partial charge in [0.05, 0.1) is 12.5 Å². The zero-order valence-corrected chi connectivity index (χ0v) is 7.63. The quantitative estimate of drug-likeness (QED) is 0.790. The normalized spacial score (nSPS) is 12.6. The van der Waals surface area contributed by atoms with Crippen molar-refractivity contribution in [2.45, 2.75) is 12.5 Å². The number of hydrogen-bond donors (Lipinski definition) is 1. The molecule has 1 unspecified atom stereocenters. The van der Waals surface area contributed by atoms with E-state index in [0.29, 0.717) is 0 Å². The molecule has 1 atom stereocenters. The monoisotopic (exact) mass is 189 g/mol. The van der Waals surface area contributed by atoms with E-state index in [1.807, 2.05) is 6.07 Å². The molecule has 0 fully saturated rings. The van der Waals surface area contributed by atoms with Crippen molar-refractivity contribution in [3.05, 3.63) is 48.4 Å². The van der Waals surface area contributed by atoms with E-state index in [-0.39, 0.29) is 6.04 Å². The van der Waals surface area contributed by atoms with Crippen molar-refractivity contribution in [1.82, 2.24) is 9.97 Å². The Hall–Kier alpha value is -1.68. The fourth-order valence-electron chi connectivity index (χ4n) is 1.28. The van der Waals surface area contributed by atoms with E-state index in [9.17, 15) is 0 Å². The summed E-state index contributed by atoms with van der Waals surface area (Å²) < 4.78 is 4.96. The molecule has 2 heterocycles. The topological polar surface area (TPSA) is 64.9 Å². The Morgan fingerprint density at radius 2 is 2.14 bits per heavy atom. The molecule has 0 aliphatic heterocycles. The maximum absolute atomic E-state index is 5.96. The van der Waals surface area contributed by atoms with Gasteiger partial charge in [0, 0.05) is 24.0 Å². The molecule has 14 heavy (non-hydrogen) atoms. The molecule has 0 aliphatic rings. The first-order chi connectivity index (χ1) is 6.86.